The fourth-order valence-electron chi connectivity index (χ4n) is 0.710. The molecule has 0 fully saturated rings. The Bertz CT molecular complexity index is 187. The summed E-state index contributed by atoms with van der Waals surface area (Å²) in [6.45, 7) is 11.2. The van der Waals surface area contributed by atoms with Crippen molar-refractivity contribution in [2.45, 2.75) is 41.5 Å². The fraction of sp³-hybridized carbons (Fsp3) is 0.800. The SMILES string of the molecule is CC(C)(C)C(=[N-])C(=[N-])C(C)(C)C.[W].[Y]. The number of rotatable bonds is 1. The molecule has 0 rings (SSSR count). The van der Waals surface area contributed by atoms with Crippen molar-refractivity contribution >= 4 is 11.4 Å². The van der Waals surface area contributed by atoms with E-state index < -0.39 is 0 Å². The van der Waals surface area contributed by atoms with Gasteiger partial charge in [-0.15, -0.1) is 0 Å². The zero-order chi connectivity index (χ0) is 10.2. The van der Waals surface area contributed by atoms with Gasteiger partial charge in [0.25, 0.3) is 0 Å². The van der Waals surface area contributed by atoms with Crippen LogP contribution in [0.4, 0.5) is 0 Å². The Labute approximate surface area is 127 Å². The molecule has 2 nitrogen and oxygen atoms in total. The van der Waals surface area contributed by atoms with Crippen molar-refractivity contribution in [3.8, 4) is 0 Å². The number of hydrogen-bond acceptors (Lipinski definition) is 0. The maximum Gasteiger partial charge on any atom is 0 e. The molecule has 0 heterocycles. The van der Waals surface area contributed by atoms with Crippen molar-refractivity contribution < 1.29 is 53.8 Å². The second kappa shape index (κ2) is 6.66. The van der Waals surface area contributed by atoms with Gasteiger partial charge in [-0.25, -0.2) is 0 Å². The normalized spacial score (nSPS) is 11.0. The monoisotopic (exact) mass is 439 g/mol. The van der Waals surface area contributed by atoms with Crippen LogP contribution in [0.3, 0.4) is 0 Å². The first-order valence-electron chi connectivity index (χ1n) is 4.20. The third-order valence-electron chi connectivity index (χ3n) is 1.65. The van der Waals surface area contributed by atoms with E-state index in [1.54, 1.807) is 0 Å². The molecule has 0 amide bonds. The van der Waals surface area contributed by atoms with Gasteiger partial charge in [-0.2, -0.15) is 11.4 Å². The van der Waals surface area contributed by atoms with Crippen LogP contribution in [-0.4, -0.2) is 11.4 Å². The summed E-state index contributed by atoms with van der Waals surface area (Å²) in [7, 11) is 0. The number of nitrogens with zero attached hydrogens (tertiary/aromatic N) is 2. The summed E-state index contributed by atoms with van der Waals surface area (Å²) in [6.07, 6.45) is 0. The van der Waals surface area contributed by atoms with Gasteiger partial charge < -0.3 is 10.8 Å². The molecule has 0 aliphatic rings. The van der Waals surface area contributed by atoms with Crippen LogP contribution in [0.25, 0.3) is 10.8 Å². The molecule has 0 N–H and O–H groups in total. The molecule has 14 heavy (non-hydrogen) atoms. The summed E-state index contributed by atoms with van der Waals surface area (Å²) in [5.74, 6) is 0. The molecule has 1 radical (unpaired) electrons. The molecule has 0 aliphatic heterocycles. The number of hydrogen-bond donors (Lipinski definition) is 0. The average molecular weight is 439 g/mol. The molecule has 0 aromatic rings. The summed E-state index contributed by atoms with van der Waals surface area (Å²) in [5, 5.41) is 19.2. The first-order valence-corrected chi connectivity index (χ1v) is 4.20. The molecule has 0 saturated carbocycles. The van der Waals surface area contributed by atoms with Gasteiger partial charge in [0.2, 0.25) is 0 Å². The van der Waals surface area contributed by atoms with Crippen LogP contribution >= 0.6 is 0 Å². The van der Waals surface area contributed by atoms with Gasteiger partial charge in [0, 0.05) is 53.8 Å². The zero-order valence-electron chi connectivity index (χ0n) is 9.88. The van der Waals surface area contributed by atoms with Crippen molar-refractivity contribution in [1.82, 2.24) is 0 Å². The van der Waals surface area contributed by atoms with Gasteiger partial charge in [0.05, 0.1) is 0 Å². The van der Waals surface area contributed by atoms with E-state index in [9.17, 15) is 10.8 Å². The van der Waals surface area contributed by atoms with Gasteiger partial charge in [0.15, 0.2) is 0 Å². The molecule has 0 unspecified atom stereocenters. The minimum absolute atomic E-state index is 0. The van der Waals surface area contributed by atoms with Gasteiger partial charge in [-0.3, -0.25) is 0 Å². The van der Waals surface area contributed by atoms with Gasteiger partial charge >= 0.3 is 0 Å². The Morgan fingerprint density at radius 2 is 0.857 bits per heavy atom. The van der Waals surface area contributed by atoms with Crippen LogP contribution < -0.4 is 0 Å². The van der Waals surface area contributed by atoms with Crippen molar-refractivity contribution in [3.05, 3.63) is 10.8 Å². The van der Waals surface area contributed by atoms with Gasteiger partial charge in [0.1, 0.15) is 0 Å². The molecule has 0 aromatic carbocycles. The van der Waals surface area contributed by atoms with Crippen molar-refractivity contribution in [1.29, 1.82) is 0 Å². The molecule has 0 bridgehead atoms. The van der Waals surface area contributed by atoms with Crippen LogP contribution in [0.15, 0.2) is 0 Å². The summed E-state index contributed by atoms with van der Waals surface area (Å²) in [6, 6.07) is 0. The largest absolute Gasteiger partial charge is 0.808 e. The Morgan fingerprint density at radius 3 is 0.929 bits per heavy atom. The van der Waals surface area contributed by atoms with E-state index in [4.69, 9.17) is 0 Å². The van der Waals surface area contributed by atoms with Crippen LogP contribution in [0, 0.1) is 10.8 Å². The molecule has 79 valence electrons. The summed E-state index contributed by atoms with van der Waals surface area (Å²) in [5.41, 5.74) is -0.598. The second-order valence-corrected chi connectivity index (χ2v) is 5.20. The minimum atomic E-state index is -0.378. The van der Waals surface area contributed by atoms with Gasteiger partial charge in [-0.1, -0.05) is 41.5 Å². The van der Waals surface area contributed by atoms with Crippen LogP contribution in [0.2, 0.25) is 0 Å². The fourth-order valence-corrected chi connectivity index (χ4v) is 0.710. The third kappa shape index (κ3) is 6.59. The summed E-state index contributed by atoms with van der Waals surface area (Å²) < 4.78 is 0. The van der Waals surface area contributed by atoms with E-state index in [2.05, 4.69) is 0 Å². The zero-order valence-corrected chi connectivity index (χ0v) is 15.7. The van der Waals surface area contributed by atoms with Crippen molar-refractivity contribution in [3.63, 3.8) is 0 Å². The standard InChI is InChI=1S/C10H18N2.W.Y/c1-9(2,3)7(11)8(12)10(4,5)6;;/h1-6H3;;/q-2;;. The maximum atomic E-state index is 9.62. The van der Waals surface area contributed by atoms with Crippen molar-refractivity contribution in [2.75, 3.05) is 0 Å². The van der Waals surface area contributed by atoms with E-state index in [0.29, 0.717) is 0 Å². The van der Waals surface area contributed by atoms with E-state index in [1.807, 2.05) is 41.5 Å². The van der Waals surface area contributed by atoms with Crippen LogP contribution in [-0.2, 0) is 53.8 Å². The first-order chi connectivity index (χ1) is 5.07. The smallest absolute Gasteiger partial charge is 0 e. The second-order valence-electron chi connectivity index (χ2n) is 5.20. The molecule has 0 spiro atoms. The van der Waals surface area contributed by atoms with E-state index in [-0.39, 0.29) is 76.0 Å². The van der Waals surface area contributed by atoms with Crippen LogP contribution in [0.5, 0.6) is 0 Å². The van der Waals surface area contributed by atoms with Crippen molar-refractivity contribution in [2.24, 2.45) is 10.8 Å². The Balaban J connectivity index is -0.000000605. The molecule has 0 atom stereocenters. The first kappa shape index (κ1) is 20.5. The molecular formula is C10H18N2WY-2. The molecule has 4 heteroatoms. The molecule has 0 saturated heterocycles. The van der Waals surface area contributed by atoms with E-state index in [0.717, 1.165) is 0 Å². The quantitative estimate of drug-likeness (QED) is 0.565. The van der Waals surface area contributed by atoms with Gasteiger partial charge in [-0.05, 0) is 10.8 Å². The molecule has 0 aliphatic carbocycles. The Morgan fingerprint density at radius 1 is 0.714 bits per heavy atom. The molecular weight excluding hydrogens is 421 g/mol. The predicted octanol–water partition coefficient (Wildman–Crippen LogP) is 3.09. The Hall–Kier alpha value is 1.13. The Kier molecular flexibility index (Phi) is 9.76. The van der Waals surface area contributed by atoms with E-state index >= 15 is 0 Å². The van der Waals surface area contributed by atoms with Crippen LogP contribution in [0.1, 0.15) is 41.5 Å². The average Bonchev–Trinajstić information content (AvgIpc) is 1.80. The maximum absolute atomic E-state index is 9.62. The minimum Gasteiger partial charge on any atom is -0.808 e. The topological polar surface area (TPSA) is 44.6 Å². The predicted molar refractivity (Wildman–Crippen MR) is 55.6 cm³/mol. The summed E-state index contributed by atoms with van der Waals surface area (Å²) >= 11 is 0. The van der Waals surface area contributed by atoms with E-state index in [1.165, 1.54) is 0 Å². The third-order valence-corrected chi connectivity index (χ3v) is 1.65. The summed E-state index contributed by atoms with van der Waals surface area (Å²) in [4.78, 5) is 0. The molecule has 0 aromatic heterocycles.